The minimum atomic E-state index is -3.86. The zero-order chi connectivity index (χ0) is 14.0. The maximum atomic E-state index is 11.5. The van der Waals surface area contributed by atoms with Gasteiger partial charge in [-0.2, -0.15) is 0 Å². The van der Waals surface area contributed by atoms with Crippen LogP contribution in [0.4, 0.5) is 0 Å². The van der Waals surface area contributed by atoms with Crippen LogP contribution in [0.2, 0.25) is 0 Å². The number of carboxylic acid groups (broad SMARTS) is 1. The predicted octanol–water partition coefficient (Wildman–Crippen LogP) is 1.70. The number of primary sulfonamides is 1. The predicted molar refractivity (Wildman–Crippen MR) is 70.2 cm³/mol. The van der Waals surface area contributed by atoms with Crippen LogP contribution in [-0.4, -0.2) is 19.5 Å². The van der Waals surface area contributed by atoms with E-state index in [-0.39, 0.29) is 10.5 Å². The Bertz CT molecular complexity index is 738. The van der Waals surface area contributed by atoms with Gasteiger partial charge in [-0.3, -0.25) is 0 Å². The number of sulfonamides is 1. The Morgan fingerprint density at radius 2 is 1.74 bits per heavy atom. The second kappa shape index (κ2) is 4.83. The van der Waals surface area contributed by atoms with Crippen molar-refractivity contribution in [3.05, 3.63) is 54.1 Å². The summed E-state index contributed by atoms with van der Waals surface area (Å²) in [6.45, 7) is 0. The Balaban J connectivity index is 2.66. The molecule has 0 amide bonds. The highest BCUT2D eigenvalue weighted by molar-refractivity contribution is 7.89. The zero-order valence-corrected chi connectivity index (χ0v) is 10.6. The number of benzene rings is 2. The van der Waals surface area contributed by atoms with Gasteiger partial charge in [0.2, 0.25) is 10.0 Å². The average Bonchev–Trinajstić information content (AvgIpc) is 2.38. The maximum absolute atomic E-state index is 11.5. The first-order chi connectivity index (χ1) is 8.89. The third kappa shape index (κ3) is 2.81. The molecule has 0 aliphatic heterocycles. The lowest BCUT2D eigenvalue weighted by molar-refractivity contribution is 0.0697. The molecule has 5 nitrogen and oxygen atoms in total. The van der Waals surface area contributed by atoms with E-state index in [4.69, 9.17) is 10.2 Å². The fourth-order valence-corrected chi connectivity index (χ4v) is 2.53. The van der Waals surface area contributed by atoms with E-state index in [2.05, 4.69) is 0 Å². The molecule has 0 bridgehead atoms. The van der Waals surface area contributed by atoms with E-state index in [0.717, 1.165) is 0 Å². The van der Waals surface area contributed by atoms with Gasteiger partial charge in [0.05, 0.1) is 10.5 Å². The van der Waals surface area contributed by atoms with E-state index in [1.807, 2.05) is 0 Å². The molecule has 3 N–H and O–H groups in total. The summed E-state index contributed by atoms with van der Waals surface area (Å²) in [5.41, 5.74) is 0.958. The lowest BCUT2D eigenvalue weighted by Gasteiger charge is -2.08. The maximum Gasteiger partial charge on any atom is 0.335 e. The summed E-state index contributed by atoms with van der Waals surface area (Å²) >= 11 is 0. The van der Waals surface area contributed by atoms with Crippen molar-refractivity contribution in [2.24, 2.45) is 5.14 Å². The molecule has 6 heteroatoms. The second-order valence-electron chi connectivity index (χ2n) is 3.93. The van der Waals surface area contributed by atoms with E-state index < -0.39 is 16.0 Å². The van der Waals surface area contributed by atoms with Crippen LogP contribution in [0, 0.1) is 0 Å². The first-order valence-corrected chi connectivity index (χ1v) is 6.90. The van der Waals surface area contributed by atoms with Gasteiger partial charge in [-0.25, -0.2) is 18.4 Å². The standard InChI is InChI=1S/C13H11NO4S/c14-19(17,18)12-7-2-1-6-11(12)9-4-3-5-10(8-9)13(15)16/h1-8H,(H,15,16)(H2,14,17,18). The number of aromatic carboxylic acids is 1. The van der Waals surface area contributed by atoms with Gasteiger partial charge in [-0.15, -0.1) is 0 Å². The van der Waals surface area contributed by atoms with Crippen LogP contribution >= 0.6 is 0 Å². The van der Waals surface area contributed by atoms with Crippen molar-refractivity contribution in [3.63, 3.8) is 0 Å². The highest BCUT2D eigenvalue weighted by Gasteiger charge is 2.15. The molecule has 0 aliphatic carbocycles. The Morgan fingerprint density at radius 3 is 2.37 bits per heavy atom. The summed E-state index contributed by atoms with van der Waals surface area (Å²) in [5.74, 6) is -1.07. The van der Waals surface area contributed by atoms with Crippen LogP contribution in [0.1, 0.15) is 10.4 Å². The Morgan fingerprint density at radius 1 is 1.05 bits per heavy atom. The largest absolute Gasteiger partial charge is 0.478 e. The summed E-state index contributed by atoms with van der Waals surface area (Å²) in [7, 11) is -3.86. The lowest BCUT2D eigenvalue weighted by Crippen LogP contribution is -2.13. The molecule has 0 atom stereocenters. The number of nitrogens with two attached hydrogens (primary N) is 1. The first-order valence-electron chi connectivity index (χ1n) is 5.35. The van der Waals surface area contributed by atoms with Crippen LogP contribution < -0.4 is 5.14 Å². The summed E-state index contributed by atoms with van der Waals surface area (Å²) in [4.78, 5) is 10.9. The van der Waals surface area contributed by atoms with Crippen molar-refractivity contribution in [3.8, 4) is 11.1 Å². The molecule has 0 saturated carbocycles. The molecule has 0 radical (unpaired) electrons. The van der Waals surface area contributed by atoms with Crippen molar-refractivity contribution in [1.29, 1.82) is 0 Å². The van der Waals surface area contributed by atoms with Gasteiger partial charge in [0.25, 0.3) is 0 Å². The van der Waals surface area contributed by atoms with E-state index in [1.54, 1.807) is 30.3 Å². The van der Waals surface area contributed by atoms with Crippen LogP contribution in [0.25, 0.3) is 11.1 Å². The molecule has 0 spiro atoms. The van der Waals surface area contributed by atoms with Crippen molar-refractivity contribution in [1.82, 2.24) is 0 Å². The van der Waals surface area contributed by atoms with E-state index in [1.165, 1.54) is 18.2 Å². The number of carboxylic acids is 1. The van der Waals surface area contributed by atoms with Gasteiger partial charge in [-0.1, -0.05) is 30.3 Å². The Kier molecular flexibility index (Phi) is 3.37. The minimum absolute atomic E-state index is 0.0301. The van der Waals surface area contributed by atoms with Crippen molar-refractivity contribution in [2.75, 3.05) is 0 Å². The Hall–Kier alpha value is -2.18. The van der Waals surface area contributed by atoms with Gasteiger partial charge < -0.3 is 5.11 Å². The molecule has 0 aliphatic rings. The van der Waals surface area contributed by atoms with Gasteiger partial charge >= 0.3 is 5.97 Å². The molecule has 0 saturated heterocycles. The number of hydrogen-bond donors (Lipinski definition) is 2. The molecule has 19 heavy (non-hydrogen) atoms. The topological polar surface area (TPSA) is 97.5 Å². The van der Waals surface area contributed by atoms with E-state index >= 15 is 0 Å². The highest BCUT2D eigenvalue weighted by Crippen LogP contribution is 2.27. The Labute approximate surface area is 110 Å². The van der Waals surface area contributed by atoms with Crippen LogP contribution in [0.3, 0.4) is 0 Å². The monoisotopic (exact) mass is 277 g/mol. The van der Waals surface area contributed by atoms with Crippen molar-refractivity contribution < 1.29 is 18.3 Å². The summed E-state index contributed by atoms with van der Waals surface area (Å²) in [6.07, 6.45) is 0. The quantitative estimate of drug-likeness (QED) is 0.892. The van der Waals surface area contributed by atoms with Gasteiger partial charge in [0, 0.05) is 5.56 Å². The molecule has 0 unspecified atom stereocenters. The molecule has 0 heterocycles. The van der Waals surface area contributed by atoms with Gasteiger partial charge in [0.1, 0.15) is 0 Å². The van der Waals surface area contributed by atoms with Crippen molar-refractivity contribution >= 4 is 16.0 Å². The summed E-state index contributed by atoms with van der Waals surface area (Å²) in [5, 5.41) is 14.1. The van der Waals surface area contributed by atoms with Gasteiger partial charge in [-0.05, 0) is 23.8 Å². The molecular formula is C13H11NO4S. The first kappa shape index (κ1) is 13.3. The molecular weight excluding hydrogens is 266 g/mol. The van der Waals surface area contributed by atoms with Crippen molar-refractivity contribution in [2.45, 2.75) is 4.90 Å². The number of hydrogen-bond acceptors (Lipinski definition) is 3. The van der Waals surface area contributed by atoms with E-state index in [9.17, 15) is 13.2 Å². The van der Waals surface area contributed by atoms with Crippen LogP contribution in [0.5, 0.6) is 0 Å². The number of carbonyl (C=O) groups is 1. The minimum Gasteiger partial charge on any atom is -0.478 e. The normalized spacial score (nSPS) is 11.2. The summed E-state index contributed by atoms with van der Waals surface area (Å²) < 4.78 is 23.0. The van der Waals surface area contributed by atoms with Crippen LogP contribution in [-0.2, 0) is 10.0 Å². The second-order valence-corrected chi connectivity index (χ2v) is 5.46. The van der Waals surface area contributed by atoms with E-state index in [0.29, 0.717) is 11.1 Å². The molecule has 2 aromatic rings. The lowest BCUT2D eigenvalue weighted by atomic mass is 10.0. The molecule has 2 rings (SSSR count). The SMILES string of the molecule is NS(=O)(=O)c1ccccc1-c1cccc(C(=O)O)c1. The average molecular weight is 277 g/mol. The highest BCUT2D eigenvalue weighted by atomic mass is 32.2. The molecule has 2 aromatic carbocycles. The number of rotatable bonds is 3. The third-order valence-corrected chi connectivity index (χ3v) is 3.58. The smallest absolute Gasteiger partial charge is 0.335 e. The fraction of sp³-hybridized carbons (Fsp3) is 0. The zero-order valence-electron chi connectivity index (χ0n) is 9.78. The molecule has 98 valence electrons. The third-order valence-electron chi connectivity index (χ3n) is 2.61. The molecule has 0 fully saturated rings. The fourth-order valence-electron chi connectivity index (χ4n) is 1.77. The van der Waals surface area contributed by atoms with Gasteiger partial charge in [0.15, 0.2) is 0 Å². The molecule has 0 aromatic heterocycles. The van der Waals surface area contributed by atoms with Crippen LogP contribution in [0.15, 0.2) is 53.4 Å². The summed E-state index contributed by atoms with van der Waals surface area (Å²) in [6, 6.07) is 12.2.